The molecule has 1 amide bonds. The Kier molecular flexibility index (Phi) is 6.47. The Morgan fingerprint density at radius 2 is 1.76 bits per heavy atom. The Morgan fingerprint density at radius 1 is 1.05 bits per heavy atom. The topological polar surface area (TPSA) is 85.0 Å². The number of hydrogen-bond donors (Lipinski definition) is 2. The zero-order chi connectivity index (χ0) is 26.3. The number of halogens is 2. The highest BCUT2D eigenvalue weighted by atomic mass is 19.1. The molecule has 0 radical (unpaired) electrons. The molecule has 1 aliphatic rings. The Labute approximate surface area is 214 Å². The number of carbonyl (C=O) groups is 1. The molecule has 1 aliphatic carbocycles. The van der Waals surface area contributed by atoms with Crippen molar-refractivity contribution in [3.63, 3.8) is 0 Å². The highest BCUT2D eigenvalue weighted by Crippen LogP contribution is 2.33. The van der Waals surface area contributed by atoms with Crippen molar-refractivity contribution in [3.8, 4) is 16.9 Å². The van der Waals surface area contributed by atoms with E-state index in [-0.39, 0.29) is 23.1 Å². The van der Waals surface area contributed by atoms with E-state index in [9.17, 15) is 18.7 Å². The first kappa shape index (κ1) is 24.9. The Bertz CT molecular complexity index is 1420. The fourth-order valence-electron chi connectivity index (χ4n) is 4.89. The van der Waals surface area contributed by atoms with Crippen molar-refractivity contribution < 1.29 is 18.7 Å². The molecule has 2 aromatic heterocycles. The van der Waals surface area contributed by atoms with Crippen molar-refractivity contribution in [1.29, 1.82) is 0 Å². The van der Waals surface area contributed by atoms with Gasteiger partial charge in [0.05, 0.1) is 23.3 Å². The summed E-state index contributed by atoms with van der Waals surface area (Å²) in [6, 6.07) is 8.27. The van der Waals surface area contributed by atoms with Gasteiger partial charge >= 0.3 is 0 Å². The number of benzene rings is 2. The summed E-state index contributed by atoms with van der Waals surface area (Å²) in [7, 11) is 0. The van der Waals surface area contributed by atoms with E-state index < -0.39 is 23.3 Å². The van der Waals surface area contributed by atoms with Crippen LogP contribution in [-0.4, -0.2) is 37.1 Å². The minimum Gasteiger partial charge on any atom is -0.503 e. The first-order valence-corrected chi connectivity index (χ1v) is 12.6. The predicted molar refractivity (Wildman–Crippen MR) is 137 cm³/mol. The van der Waals surface area contributed by atoms with Crippen molar-refractivity contribution in [2.24, 2.45) is 5.92 Å². The number of aromatic hydroxyl groups is 1. The van der Waals surface area contributed by atoms with Gasteiger partial charge in [-0.05, 0) is 76.1 Å². The maximum atomic E-state index is 13.5. The molecule has 194 valence electrons. The number of hydrogen-bond acceptors (Lipinski definition) is 4. The zero-order valence-corrected chi connectivity index (χ0v) is 21.2. The van der Waals surface area contributed by atoms with Crippen LogP contribution >= 0.6 is 0 Å². The lowest BCUT2D eigenvalue weighted by Gasteiger charge is -2.28. The van der Waals surface area contributed by atoms with Gasteiger partial charge in [0.15, 0.2) is 17.4 Å². The van der Waals surface area contributed by atoms with Gasteiger partial charge in [-0.25, -0.2) is 8.78 Å². The molecule has 0 unspecified atom stereocenters. The number of phenols is 1. The average molecular weight is 508 g/mol. The number of amides is 1. The lowest BCUT2D eigenvalue weighted by Crippen LogP contribution is -2.31. The van der Waals surface area contributed by atoms with E-state index in [2.05, 4.69) is 66.5 Å². The summed E-state index contributed by atoms with van der Waals surface area (Å²) in [4.78, 5) is 12.3. The molecule has 2 aromatic carbocycles. The Balaban J connectivity index is 1.19. The first-order valence-electron chi connectivity index (χ1n) is 12.6. The summed E-state index contributed by atoms with van der Waals surface area (Å²) in [5.41, 5.74) is 2.87. The maximum absolute atomic E-state index is 13.5. The third-order valence-electron chi connectivity index (χ3n) is 7.15. The third kappa shape index (κ3) is 5.21. The largest absolute Gasteiger partial charge is 0.503 e. The number of fused-ring (bicyclic) bond motifs is 1. The molecule has 9 heteroatoms. The van der Waals surface area contributed by atoms with Gasteiger partial charge in [-0.2, -0.15) is 10.2 Å². The SMILES string of the molecule is CC(C)(C)n1cc(-c2ccc3cn(C4CCC(CNC(=O)c5cc(F)c(O)c(F)c5)CC4)nc3c2)cn1. The second-order valence-electron chi connectivity index (χ2n) is 10.9. The molecule has 4 aromatic rings. The van der Waals surface area contributed by atoms with E-state index in [1.165, 1.54) is 0 Å². The van der Waals surface area contributed by atoms with Gasteiger partial charge in [0.1, 0.15) is 0 Å². The van der Waals surface area contributed by atoms with E-state index in [1.807, 2.05) is 10.9 Å². The molecule has 0 bridgehead atoms. The summed E-state index contributed by atoms with van der Waals surface area (Å²) < 4.78 is 31.1. The van der Waals surface area contributed by atoms with E-state index in [0.717, 1.165) is 59.8 Å². The smallest absolute Gasteiger partial charge is 0.251 e. The van der Waals surface area contributed by atoms with Crippen LogP contribution in [-0.2, 0) is 5.54 Å². The van der Waals surface area contributed by atoms with Crippen LogP contribution in [0.4, 0.5) is 8.78 Å². The quantitative estimate of drug-likeness (QED) is 0.358. The average Bonchev–Trinajstić information content (AvgIpc) is 3.53. The molecule has 7 nitrogen and oxygen atoms in total. The highest BCUT2D eigenvalue weighted by Gasteiger charge is 2.24. The third-order valence-corrected chi connectivity index (χ3v) is 7.15. The predicted octanol–water partition coefficient (Wildman–Crippen LogP) is 5.80. The maximum Gasteiger partial charge on any atom is 0.251 e. The molecular formula is C28H31F2N5O2. The van der Waals surface area contributed by atoms with Gasteiger partial charge in [-0.15, -0.1) is 0 Å². The van der Waals surface area contributed by atoms with Gasteiger partial charge in [0.2, 0.25) is 0 Å². The highest BCUT2D eigenvalue weighted by molar-refractivity contribution is 5.94. The molecule has 0 saturated heterocycles. The number of nitrogens with zero attached hydrogens (tertiary/aromatic N) is 4. The molecule has 1 saturated carbocycles. The number of rotatable bonds is 5. The van der Waals surface area contributed by atoms with Crippen molar-refractivity contribution in [3.05, 3.63) is 66.1 Å². The summed E-state index contributed by atoms with van der Waals surface area (Å²) in [5, 5.41) is 22.4. The summed E-state index contributed by atoms with van der Waals surface area (Å²) in [6.07, 6.45) is 9.74. The van der Waals surface area contributed by atoms with Crippen molar-refractivity contribution in [2.45, 2.75) is 58.0 Å². The Morgan fingerprint density at radius 3 is 2.41 bits per heavy atom. The molecule has 1 fully saturated rings. The normalized spacial score (nSPS) is 18.3. The lowest BCUT2D eigenvalue weighted by atomic mass is 9.86. The van der Waals surface area contributed by atoms with Crippen LogP contribution in [0.3, 0.4) is 0 Å². The second kappa shape index (κ2) is 9.61. The minimum atomic E-state index is -1.15. The van der Waals surface area contributed by atoms with Crippen LogP contribution in [0.1, 0.15) is 62.9 Å². The van der Waals surface area contributed by atoms with Crippen LogP contribution in [0.5, 0.6) is 5.75 Å². The van der Waals surface area contributed by atoms with Crippen molar-refractivity contribution in [2.75, 3.05) is 6.54 Å². The number of nitrogens with one attached hydrogen (secondary N) is 1. The molecule has 0 aliphatic heterocycles. The van der Waals surface area contributed by atoms with Crippen LogP contribution in [0, 0.1) is 17.6 Å². The molecule has 0 atom stereocenters. The van der Waals surface area contributed by atoms with E-state index in [0.29, 0.717) is 6.54 Å². The Hall–Kier alpha value is -3.75. The monoisotopic (exact) mass is 507 g/mol. The molecule has 2 heterocycles. The van der Waals surface area contributed by atoms with Crippen LogP contribution in [0.15, 0.2) is 48.9 Å². The fourth-order valence-corrected chi connectivity index (χ4v) is 4.89. The van der Waals surface area contributed by atoms with Crippen LogP contribution in [0.25, 0.3) is 22.0 Å². The van der Waals surface area contributed by atoms with Gasteiger partial charge in [-0.1, -0.05) is 12.1 Å². The zero-order valence-electron chi connectivity index (χ0n) is 21.2. The van der Waals surface area contributed by atoms with E-state index in [1.54, 1.807) is 0 Å². The molecular weight excluding hydrogens is 476 g/mol. The summed E-state index contributed by atoms with van der Waals surface area (Å²) >= 11 is 0. The van der Waals surface area contributed by atoms with Gasteiger partial charge in [0, 0.05) is 35.5 Å². The van der Waals surface area contributed by atoms with Crippen molar-refractivity contribution in [1.82, 2.24) is 24.9 Å². The molecule has 0 spiro atoms. The first-order chi connectivity index (χ1) is 17.6. The molecule has 5 rings (SSSR count). The standard InChI is InChI=1S/C28H31F2N5O2/c1-28(2,3)35-16-21(14-32-35)18-6-7-19-15-34(33-25(19)12-18)22-8-4-17(5-9-22)13-31-27(37)20-10-23(29)26(36)24(30)11-20/h6-7,10-12,14-17,22,36H,4-5,8-9,13H2,1-3H3,(H,31,37). The summed E-state index contributed by atoms with van der Waals surface area (Å²) in [6.45, 7) is 6.79. The lowest BCUT2D eigenvalue weighted by molar-refractivity contribution is 0.0940. The van der Waals surface area contributed by atoms with E-state index >= 15 is 0 Å². The molecule has 2 N–H and O–H groups in total. The summed E-state index contributed by atoms with van der Waals surface area (Å²) in [5.74, 6) is -3.65. The minimum absolute atomic E-state index is 0.0764. The van der Waals surface area contributed by atoms with Gasteiger partial charge < -0.3 is 10.4 Å². The fraction of sp³-hybridized carbons (Fsp3) is 0.393. The van der Waals surface area contributed by atoms with Gasteiger partial charge in [0.25, 0.3) is 5.91 Å². The number of phenolic OH excluding ortho intramolecular Hbond substituents is 1. The van der Waals surface area contributed by atoms with Crippen molar-refractivity contribution >= 4 is 16.8 Å². The number of aromatic nitrogens is 4. The second-order valence-corrected chi connectivity index (χ2v) is 10.9. The van der Waals surface area contributed by atoms with Gasteiger partial charge in [-0.3, -0.25) is 14.2 Å². The van der Waals surface area contributed by atoms with E-state index in [4.69, 9.17) is 5.10 Å². The molecule has 37 heavy (non-hydrogen) atoms. The van der Waals surface area contributed by atoms with Crippen LogP contribution < -0.4 is 5.32 Å². The number of carbonyl (C=O) groups excluding carboxylic acids is 1. The van der Waals surface area contributed by atoms with Crippen LogP contribution in [0.2, 0.25) is 0 Å².